The molecule has 0 aliphatic rings. The Morgan fingerprint density at radius 2 is 2.33 bits per heavy atom. The third kappa shape index (κ3) is 2.18. The minimum atomic E-state index is 0.228. The Hall–Kier alpha value is -1.36. The van der Waals surface area contributed by atoms with Crippen LogP contribution >= 0.6 is 11.6 Å². The molecule has 6 heteroatoms. The Kier molecular flexibility index (Phi) is 3.01. The van der Waals surface area contributed by atoms with E-state index in [4.69, 9.17) is 11.6 Å². The zero-order valence-electron chi connectivity index (χ0n) is 8.42. The van der Waals surface area contributed by atoms with Gasteiger partial charge in [0.1, 0.15) is 5.82 Å². The molecule has 0 aromatic carbocycles. The van der Waals surface area contributed by atoms with Gasteiger partial charge in [0.2, 0.25) is 5.28 Å². The summed E-state index contributed by atoms with van der Waals surface area (Å²) in [5.41, 5.74) is 0.661. The van der Waals surface area contributed by atoms with Gasteiger partial charge in [-0.1, -0.05) is 13.3 Å². The van der Waals surface area contributed by atoms with E-state index < -0.39 is 0 Å². The topological polar surface area (TPSA) is 66.5 Å². The summed E-state index contributed by atoms with van der Waals surface area (Å²) >= 11 is 5.78. The molecule has 0 bridgehead atoms. The van der Waals surface area contributed by atoms with E-state index in [9.17, 15) is 0 Å². The van der Waals surface area contributed by atoms with Gasteiger partial charge in [0, 0.05) is 6.54 Å². The van der Waals surface area contributed by atoms with Crippen LogP contribution in [0.4, 0.5) is 5.82 Å². The second-order valence-corrected chi connectivity index (χ2v) is 3.59. The van der Waals surface area contributed by atoms with Gasteiger partial charge in [-0.15, -0.1) is 0 Å². The molecule has 0 atom stereocenters. The first-order chi connectivity index (χ1) is 7.31. The van der Waals surface area contributed by atoms with E-state index in [1.807, 2.05) is 0 Å². The number of halogens is 1. The molecule has 0 aliphatic carbocycles. The number of unbranched alkanes of at least 4 members (excludes halogenated alkanes) is 1. The van der Waals surface area contributed by atoms with Crippen LogP contribution in [0.2, 0.25) is 5.28 Å². The summed E-state index contributed by atoms with van der Waals surface area (Å²) in [5, 5.41) is 11.0. The number of anilines is 1. The maximum absolute atomic E-state index is 5.78. The lowest BCUT2D eigenvalue weighted by Gasteiger charge is -2.05. The van der Waals surface area contributed by atoms with Crippen molar-refractivity contribution in [3.63, 3.8) is 0 Å². The highest BCUT2D eigenvalue weighted by atomic mass is 35.5. The van der Waals surface area contributed by atoms with E-state index in [2.05, 4.69) is 32.4 Å². The molecule has 2 heterocycles. The summed E-state index contributed by atoms with van der Waals surface area (Å²) in [6.07, 6.45) is 3.93. The van der Waals surface area contributed by atoms with E-state index >= 15 is 0 Å². The molecule has 80 valence electrons. The fraction of sp³-hybridized carbons (Fsp3) is 0.444. The SMILES string of the molecule is CCCCNc1nc(Cl)nc2[nH]ncc12. The second kappa shape index (κ2) is 4.44. The Morgan fingerprint density at radius 3 is 3.13 bits per heavy atom. The average molecular weight is 226 g/mol. The number of nitrogens with one attached hydrogen (secondary N) is 2. The van der Waals surface area contributed by atoms with E-state index in [0.717, 1.165) is 30.6 Å². The molecule has 0 radical (unpaired) electrons. The van der Waals surface area contributed by atoms with E-state index in [-0.39, 0.29) is 5.28 Å². The molecule has 0 amide bonds. The Labute approximate surface area is 92.3 Å². The lowest BCUT2D eigenvalue weighted by Crippen LogP contribution is -2.04. The molecule has 0 spiro atoms. The number of hydrogen-bond donors (Lipinski definition) is 2. The average Bonchev–Trinajstić information content (AvgIpc) is 2.65. The Balaban J connectivity index is 2.27. The van der Waals surface area contributed by atoms with Crippen LogP contribution in [-0.2, 0) is 0 Å². The normalized spacial score (nSPS) is 10.8. The van der Waals surface area contributed by atoms with Gasteiger partial charge in [0.25, 0.3) is 0 Å². The maximum atomic E-state index is 5.78. The zero-order chi connectivity index (χ0) is 10.7. The molecule has 5 nitrogen and oxygen atoms in total. The van der Waals surface area contributed by atoms with Crippen molar-refractivity contribution in [2.24, 2.45) is 0 Å². The van der Waals surface area contributed by atoms with Crippen molar-refractivity contribution >= 4 is 28.5 Å². The Morgan fingerprint density at radius 1 is 1.47 bits per heavy atom. The van der Waals surface area contributed by atoms with Gasteiger partial charge in [-0.25, -0.2) is 0 Å². The number of nitrogens with zero attached hydrogens (tertiary/aromatic N) is 3. The zero-order valence-corrected chi connectivity index (χ0v) is 9.17. The van der Waals surface area contributed by atoms with E-state index in [1.165, 1.54) is 0 Å². The number of aromatic amines is 1. The highest BCUT2D eigenvalue weighted by Crippen LogP contribution is 2.19. The third-order valence-corrected chi connectivity index (χ3v) is 2.27. The van der Waals surface area contributed by atoms with Gasteiger partial charge >= 0.3 is 0 Å². The molecule has 0 saturated heterocycles. The lowest BCUT2D eigenvalue weighted by atomic mass is 10.3. The molecule has 0 saturated carbocycles. The van der Waals surface area contributed by atoms with Gasteiger partial charge in [0.05, 0.1) is 11.6 Å². The van der Waals surface area contributed by atoms with Crippen LogP contribution in [-0.4, -0.2) is 26.7 Å². The number of H-pyrrole nitrogens is 1. The van der Waals surface area contributed by atoms with Gasteiger partial charge in [-0.3, -0.25) is 5.10 Å². The molecule has 2 N–H and O–H groups in total. The first-order valence-corrected chi connectivity index (χ1v) is 5.29. The third-order valence-electron chi connectivity index (χ3n) is 2.11. The predicted molar refractivity (Wildman–Crippen MR) is 60.1 cm³/mol. The van der Waals surface area contributed by atoms with Crippen LogP contribution in [0, 0.1) is 0 Å². The quantitative estimate of drug-likeness (QED) is 0.619. The van der Waals surface area contributed by atoms with Crippen molar-refractivity contribution in [1.82, 2.24) is 20.2 Å². The lowest BCUT2D eigenvalue weighted by molar-refractivity contribution is 0.831. The standard InChI is InChI=1S/C9H12ClN5/c1-2-3-4-11-7-6-5-12-15-8(6)14-9(10)13-7/h5H,2-4H2,1H3,(H2,11,12,13,14,15). The van der Waals surface area contributed by atoms with Gasteiger partial charge < -0.3 is 5.32 Å². The first kappa shape index (κ1) is 10.2. The van der Waals surface area contributed by atoms with Crippen LogP contribution < -0.4 is 5.32 Å². The van der Waals surface area contributed by atoms with Crippen LogP contribution in [0.25, 0.3) is 11.0 Å². The summed E-state index contributed by atoms with van der Waals surface area (Å²) in [7, 11) is 0. The minimum Gasteiger partial charge on any atom is -0.369 e. The van der Waals surface area contributed by atoms with Crippen LogP contribution in [0.3, 0.4) is 0 Å². The molecule has 0 unspecified atom stereocenters. The number of fused-ring (bicyclic) bond motifs is 1. The summed E-state index contributed by atoms with van der Waals surface area (Å²) in [6, 6.07) is 0. The molecule has 0 fully saturated rings. The fourth-order valence-corrected chi connectivity index (χ4v) is 1.49. The van der Waals surface area contributed by atoms with Crippen molar-refractivity contribution < 1.29 is 0 Å². The predicted octanol–water partition coefficient (Wildman–Crippen LogP) is 2.22. The largest absolute Gasteiger partial charge is 0.369 e. The number of hydrogen-bond acceptors (Lipinski definition) is 4. The summed E-state index contributed by atoms with van der Waals surface area (Å²) < 4.78 is 0. The first-order valence-electron chi connectivity index (χ1n) is 4.91. The van der Waals surface area contributed by atoms with Crippen LogP contribution in [0.5, 0.6) is 0 Å². The molecule has 2 aromatic rings. The van der Waals surface area contributed by atoms with Crippen molar-refractivity contribution in [2.45, 2.75) is 19.8 Å². The summed E-state index contributed by atoms with van der Waals surface area (Å²) in [4.78, 5) is 8.15. The van der Waals surface area contributed by atoms with Gasteiger partial charge in [0.15, 0.2) is 5.65 Å². The molecule has 2 aromatic heterocycles. The summed E-state index contributed by atoms with van der Waals surface area (Å²) in [5.74, 6) is 0.743. The molecular weight excluding hydrogens is 214 g/mol. The highest BCUT2D eigenvalue weighted by molar-refractivity contribution is 6.28. The van der Waals surface area contributed by atoms with Crippen molar-refractivity contribution in [1.29, 1.82) is 0 Å². The fourth-order valence-electron chi connectivity index (χ4n) is 1.33. The van der Waals surface area contributed by atoms with Crippen molar-refractivity contribution in [3.8, 4) is 0 Å². The summed E-state index contributed by atoms with van der Waals surface area (Å²) in [6.45, 7) is 3.02. The van der Waals surface area contributed by atoms with E-state index in [1.54, 1.807) is 6.20 Å². The van der Waals surface area contributed by atoms with Crippen LogP contribution in [0.15, 0.2) is 6.20 Å². The van der Waals surface area contributed by atoms with Gasteiger partial charge in [-0.05, 0) is 18.0 Å². The smallest absolute Gasteiger partial charge is 0.226 e. The maximum Gasteiger partial charge on any atom is 0.226 e. The molecule has 15 heavy (non-hydrogen) atoms. The van der Waals surface area contributed by atoms with Gasteiger partial charge in [-0.2, -0.15) is 15.1 Å². The highest BCUT2D eigenvalue weighted by Gasteiger charge is 2.07. The molecule has 0 aliphatic heterocycles. The van der Waals surface area contributed by atoms with Crippen LogP contribution in [0.1, 0.15) is 19.8 Å². The molecule has 2 rings (SSSR count). The monoisotopic (exact) mass is 225 g/mol. The van der Waals surface area contributed by atoms with E-state index in [0.29, 0.717) is 5.65 Å². The second-order valence-electron chi connectivity index (χ2n) is 3.25. The number of rotatable bonds is 4. The Bertz CT molecular complexity index is 453. The number of aromatic nitrogens is 4. The van der Waals surface area contributed by atoms with Crippen molar-refractivity contribution in [3.05, 3.63) is 11.5 Å². The minimum absolute atomic E-state index is 0.228. The molecular formula is C9H12ClN5. The van der Waals surface area contributed by atoms with Crippen molar-refractivity contribution in [2.75, 3.05) is 11.9 Å².